The summed E-state index contributed by atoms with van der Waals surface area (Å²) >= 11 is 3.04. The number of nitrogens with zero attached hydrogens (tertiary/aromatic N) is 6. The average Bonchev–Trinajstić information content (AvgIpc) is 3.54. The largest absolute Gasteiger partial charge is 0.327 e. The highest BCUT2D eigenvalue weighted by atomic mass is 32.1. The first kappa shape index (κ1) is 20.0. The molecule has 1 aliphatic rings. The van der Waals surface area contributed by atoms with Crippen LogP contribution in [-0.4, -0.2) is 41.5 Å². The van der Waals surface area contributed by atoms with Crippen LogP contribution >= 0.6 is 22.9 Å². The number of amides is 1. The predicted molar refractivity (Wildman–Crippen MR) is 122 cm³/mol. The number of hydrogen-bond acceptors (Lipinski definition) is 7. The minimum Gasteiger partial charge on any atom is -0.327 e. The van der Waals surface area contributed by atoms with E-state index in [1.54, 1.807) is 11.3 Å². The fourth-order valence-corrected chi connectivity index (χ4v) is 5.30. The molecule has 1 atom stereocenters. The van der Waals surface area contributed by atoms with Crippen LogP contribution in [0, 0.1) is 0 Å². The maximum absolute atomic E-state index is 13.2. The Morgan fingerprint density at radius 2 is 1.94 bits per heavy atom. The van der Waals surface area contributed by atoms with E-state index >= 15 is 0 Å². The SMILES string of the molecule is CC(C)c1nsc(-c2nnc3n2CCN(C(=O)c2ccc(-c4cccs4)cc2)C3C)n1. The number of hydrogen-bond donors (Lipinski definition) is 0. The molecule has 1 amide bonds. The van der Waals surface area contributed by atoms with Crippen LogP contribution < -0.4 is 0 Å². The van der Waals surface area contributed by atoms with E-state index < -0.39 is 0 Å². The first-order valence-corrected chi connectivity index (χ1v) is 11.9. The molecule has 0 radical (unpaired) electrons. The summed E-state index contributed by atoms with van der Waals surface area (Å²) in [6.07, 6.45) is 0. The fourth-order valence-electron chi connectivity index (χ4n) is 3.77. The first-order valence-electron chi connectivity index (χ1n) is 10.2. The van der Waals surface area contributed by atoms with Crippen LogP contribution in [0.1, 0.15) is 54.7 Å². The van der Waals surface area contributed by atoms with Crippen molar-refractivity contribution in [3.05, 3.63) is 59.0 Å². The van der Waals surface area contributed by atoms with E-state index in [0.717, 1.165) is 28.0 Å². The van der Waals surface area contributed by atoms with Gasteiger partial charge in [0.05, 0.1) is 6.04 Å². The Hall–Kier alpha value is -2.91. The van der Waals surface area contributed by atoms with Crippen LogP contribution in [0.3, 0.4) is 0 Å². The van der Waals surface area contributed by atoms with Crippen molar-refractivity contribution in [1.29, 1.82) is 0 Å². The van der Waals surface area contributed by atoms with Gasteiger partial charge >= 0.3 is 0 Å². The Morgan fingerprint density at radius 1 is 1.13 bits per heavy atom. The highest BCUT2D eigenvalue weighted by molar-refractivity contribution is 7.13. The van der Waals surface area contributed by atoms with E-state index in [1.807, 2.05) is 42.2 Å². The molecule has 0 bridgehead atoms. The Morgan fingerprint density at radius 3 is 2.61 bits per heavy atom. The topological polar surface area (TPSA) is 76.8 Å². The lowest BCUT2D eigenvalue weighted by Gasteiger charge is -2.33. The van der Waals surface area contributed by atoms with E-state index in [-0.39, 0.29) is 17.9 Å². The third-order valence-electron chi connectivity index (χ3n) is 5.53. The molecule has 7 nitrogen and oxygen atoms in total. The summed E-state index contributed by atoms with van der Waals surface area (Å²) in [6, 6.07) is 11.8. The van der Waals surface area contributed by atoms with Gasteiger partial charge in [-0.25, -0.2) is 4.98 Å². The van der Waals surface area contributed by atoms with Crippen molar-refractivity contribution in [2.24, 2.45) is 0 Å². The second-order valence-corrected chi connectivity index (χ2v) is 9.57. The summed E-state index contributed by atoms with van der Waals surface area (Å²) in [6.45, 7) is 7.38. The summed E-state index contributed by atoms with van der Waals surface area (Å²) in [5.41, 5.74) is 1.81. The Kier molecular flexibility index (Phi) is 5.15. The molecule has 31 heavy (non-hydrogen) atoms. The molecule has 3 aromatic heterocycles. The zero-order chi connectivity index (χ0) is 21.5. The number of fused-ring (bicyclic) bond motifs is 1. The van der Waals surface area contributed by atoms with Crippen molar-refractivity contribution in [1.82, 2.24) is 29.0 Å². The predicted octanol–water partition coefficient (Wildman–Crippen LogP) is 4.87. The van der Waals surface area contributed by atoms with Crippen LogP contribution in [0.4, 0.5) is 0 Å². The molecule has 158 valence electrons. The Labute approximate surface area is 188 Å². The van der Waals surface area contributed by atoms with Gasteiger partial charge in [-0.2, -0.15) is 4.37 Å². The van der Waals surface area contributed by atoms with Gasteiger partial charge in [0.15, 0.2) is 16.7 Å². The standard InChI is InChI=1S/C22H22N6OS2/c1-13(2)18-23-21(31-26-18)20-25-24-19-14(3)27(10-11-28(19)20)22(29)16-8-6-15(7-9-16)17-5-4-12-30-17/h4-9,12-14H,10-11H2,1-3H3. The van der Waals surface area contributed by atoms with Gasteiger partial charge in [0.25, 0.3) is 5.91 Å². The molecule has 4 aromatic rings. The van der Waals surface area contributed by atoms with Crippen LogP contribution in [0.2, 0.25) is 0 Å². The number of rotatable bonds is 4. The third-order valence-corrected chi connectivity index (χ3v) is 7.18. The van der Waals surface area contributed by atoms with E-state index in [0.29, 0.717) is 18.7 Å². The third kappa shape index (κ3) is 3.57. The summed E-state index contributed by atoms with van der Waals surface area (Å²) < 4.78 is 6.50. The van der Waals surface area contributed by atoms with Gasteiger partial charge in [-0.1, -0.05) is 32.0 Å². The molecule has 0 N–H and O–H groups in total. The number of aromatic nitrogens is 5. The van der Waals surface area contributed by atoms with E-state index in [2.05, 4.69) is 49.4 Å². The fraction of sp³-hybridized carbons (Fsp3) is 0.318. The number of carbonyl (C=O) groups excluding carboxylic acids is 1. The van der Waals surface area contributed by atoms with Crippen LogP contribution in [0.5, 0.6) is 0 Å². The monoisotopic (exact) mass is 450 g/mol. The smallest absolute Gasteiger partial charge is 0.254 e. The molecular formula is C22H22N6OS2. The van der Waals surface area contributed by atoms with Crippen molar-refractivity contribution >= 4 is 28.8 Å². The summed E-state index contributed by atoms with van der Waals surface area (Å²) in [5.74, 6) is 2.62. The van der Waals surface area contributed by atoms with Crippen molar-refractivity contribution in [3.8, 4) is 21.3 Å². The Bertz CT molecular complexity index is 1210. The van der Waals surface area contributed by atoms with Crippen LogP contribution in [0.25, 0.3) is 21.3 Å². The number of thiophene rings is 1. The van der Waals surface area contributed by atoms with E-state index in [9.17, 15) is 4.79 Å². The molecule has 4 heterocycles. The van der Waals surface area contributed by atoms with Gasteiger partial charge in [0.1, 0.15) is 5.82 Å². The zero-order valence-electron chi connectivity index (χ0n) is 17.5. The van der Waals surface area contributed by atoms with Crippen molar-refractivity contribution in [2.75, 3.05) is 6.54 Å². The molecule has 0 fully saturated rings. The molecule has 1 aromatic carbocycles. The summed E-state index contributed by atoms with van der Waals surface area (Å²) in [4.78, 5) is 20.9. The summed E-state index contributed by atoms with van der Waals surface area (Å²) in [7, 11) is 0. The maximum atomic E-state index is 13.2. The van der Waals surface area contributed by atoms with Crippen molar-refractivity contribution in [3.63, 3.8) is 0 Å². The van der Waals surface area contributed by atoms with Gasteiger partial charge < -0.3 is 9.47 Å². The quantitative estimate of drug-likeness (QED) is 0.443. The van der Waals surface area contributed by atoms with Gasteiger partial charge in [-0.05, 0) is 47.6 Å². The second-order valence-electron chi connectivity index (χ2n) is 7.88. The molecule has 5 rings (SSSR count). The molecule has 0 saturated heterocycles. The highest BCUT2D eigenvalue weighted by Gasteiger charge is 2.32. The Balaban J connectivity index is 1.38. The van der Waals surface area contributed by atoms with Crippen molar-refractivity contribution in [2.45, 2.75) is 39.3 Å². The van der Waals surface area contributed by atoms with Gasteiger partial charge in [0, 0.05) is 29.4 Å². The van der Waals surface area contributed by atoms with E-state index in [1.165, 1.54) is 16.4 Å². The maximum Gasteiger partial charge on any atom is 0.254 e. The molecule has 9 heteroatoms. The lowest BCUT2D eigenvalue weighted by molar-refractivity contribution is 0.0638. The lowest BCUT2D eigenvalue weighted by atomic mass is 10.1. The first-order chi connectivity index (χ1) is 15.0. The van der Waals surface area contributed by atoms with Gasteiger partial charge in [-0.15, -0.1) is 21.5 Å². The van der Waals surface area contributed by atoms with Crippen molar-refractivity contribution < 1.29 is 4.79 Å². The highest BCUT2D eigenvalue weighted by Crippen LogP contribution is 2.31. The number of carbonyl (C=O) groups is 1. The minimum absolute atomic E-state index is 0.0130. The van der Waals surface area contributed by atoms with Gasteiger partial charge in [0.2, 0.25) is 0 Å². The van der Waals surface area contributed by atoms with E-state index in [4.69, 9.17) is 0 Å². The molecule has 0 spiro atoms. The second kappa shape index (κ2) is 7.97. The number of benzene rings is 1. The molecule has 0 saturated carbocycles. The normalized spacial score (nSPS) is 16.0. The summed E-state index contributed by atoms with van der Waals surface area (Å²) in [5, 5.41) is 11.6. The minimum atomic E-state index is -0.169. The molecule has 1 aliphatic heterocycles. The molecule has 1 unspecified atom stereocenters. The van der Waals surface area contributed by atoms with Gasteiger partial charge in [-0.3, -0.25) is 4.79 Å². The zero-order valence-corrected chi connectivity index (χ0v) is 19.2. The average molecular weight is 451 g/mol. The lowest BCUT2D eigenvalue weighted by Crippen LogP contribution is -2.41. The van der Waals surface area contributed by atoms with Crippen LogP contribution in [0.15, 0.2) is 41.8 Å². The molecular weight excluding hydrogens is 428 g/mol. The molecule has 0 aliphatic carbocycles. The van der Waals surface area contributed by atoms with Crippen LogP contribution in [-0.2, 0) is 6.54 Å².